The Labute approximate surface area is 191 Å². The van der Waals surface area contributed by atoms with Gasteiger partial charge in [0.1, 0.15) is 18.2 Å². The van der Waals surface area contributed by atoms with Gasteiger partial charge in [0.2, 0.25) is 5.91 Å². The highest BCUT2D eigenvalue weighted by atomic mass is 32.1. The van der Waals surface area contributed by atoms with Crippen LogP contribution < -0.4 is 16.0 Å². The standard InChI is InChI=1S/C22H30N4O5S/c1-6-14(2)18(26-21(29)31-22(3,4)5)19(27)24-15-8-7-9-16(10-15)25-20(28)30-12-17-11-23-13-32-17/h7-11,13-14,18H,6,12H2,1-5H3,(H,24,27)(H,25,28)(H,26,29)/t14?,18-/m0/s1. The Bertz CT molecular complexity index is 911. The van der Waals surface area contributed by atoms with E-state index in [9.17, 15) is 14.4 Å². The molecule has 2 aromatic rings. The van der Waals surface area contributed by atoms with Crippen LogP contribution in [0.15, 0.2) is 36.0 Å². The normalized spacial score (nSPS) is 12.9. The SMILES string of the molecule is CCC(C)[C@H](NC(=O)OC(C)(C)C)C(=O)Nc1cccc(NC(=O)OCc2cncs2)c1. The molecule has 1 unspecified atom stereocenters. The van der Waals surface area contributed by atoms with Crippen LogP contribution in [0, 0.1) is 5.92 Å². The second-order valence-corrected chi connectivity index (χ2v) is 9.22. The highest BCUT2D eigenvalue weighted by Crippen LogP contribution is 2.18. The minimum atomic E-state index is -0.782. The van der Waals surface area contributed by atoms with Gasteiger partial charge < -0.3 is 20.1 Å². The maximum atomic E-state index is 12.9. The molecule has 3 N–H and O–H groups in total. The van der Waals surface area contributed by atoms with Crippen LogP contribution >= 0.6 is 11.3 Å². The van der Waals surface area contributed by atoms with Gasteiger partial charge in [-0.25, -0.2) is 9.59 Å². The van der Waals surface area contributed by atoms with E-state index in [-0.39, 0.29) is 18.4 Å². The molecule has 0 spiro atoms. The molecule has 9 nitrogen and oxygen atoms in total. The zero-order valence-corrected chi connectivity index (χ0v) is 19.7. The Hall–Kier alpha value is -3.14. The van der Waals surface area contributed by atoms with Gasteiger partial charge >= 0.3 is 12.2 Å². The molecule has 0 saturated carbocycles. The van der Waals surface area contributed by atoms with Gasteiger partial charge in [0, 0.05) is 17.6 Å². The Morgan fingerprint density at radius 3 is 2.41 bits per heavy atom. The van der Waals surface area contributed by atoms with Crippen LogP contribution in [0.5, 0.6) is 0 Å². The summed E-state index contributed by atoms with van der Waals surface area (Å²) in [7, 11) is 0. The lowest BCUT2D eigenvalue weighted by atomic mass is 9.98. The molecule has 32 heavy (non-hydrogen) atoms. The third-order valence-corrected chi connectivity index (χ3v) is 5.13. The average Bonchev–Trinajstić information content (AvgIpc) is 3.22. The minimum Gasteiger partial charge on any atom is -0.444 e. The maximum absolute atomic E-state index is 12.9. The van der Waals surface area contributed by atoms with E-state index in [4.69, 9.17) is 9.47 Å². The van der Waals surface area contributed by atoms with E-state index < -0.39 is 23.8 Å². The summed E-state index contributed by atoms with van der Waals surface area (Å²) < 4.78 is 10.4. The lowest BCUT2D eigenvalue weighted by Crippen LogP contribution is -2.49. The van der Waals surface area contributed by atoms with Gasteiger partial charge in [-0.05, 0) is 44.9 Å². The van der Waals surface area contributed by atoms with Crippen molar-refractivity contribution in [3.63, 3.8) is 0 Å². The summed E-state index contributed by atoms with van der Waals surface area (Å²) >= 11 is 1.39. The third kappa shape index (κ3) is 8.54. The Kier molecular flexibility index (Phi) is 9.01. The number of anilines is 2. The van der Waals surface area contributed by atoms with Gasteiger partial charge in [-0.2, -0.15) is 0 Å². The number of carbonyl (C=O) groups is 3. The first-order valence-electron chi connectivity index (χ1n) is 10.3. The summed E-state index contributed by atoms with van der Waals surface area (Å²) in [6.45, 7) is 9.20. The summed E-state index contributed by atoms with van der Waals surface area (Å²) in [5, 5.41) is 8.06. The van der Waals surface area contributed by atoms with Crippen LogP contribution in [0.1, 0.15) is 45.9 Å². The van der Waals surface area contributed by atoms with E-state index in [1.54, 1.807) is 56.7 Å². The molecule has 0 bridgehead atoms. The highest BCUT2D eigenvalue weighted by Gasteiger charge is 2.28. The largest absolute Gasteiger partial charge is 0.444 e. The van der Waals surface area contributed by atoms with Gasteiger partial charge in [-0.3, -0.25) is 15.1 Å². The van der Waals surface area contributed by atoms with Crippen molar-refractivity contribution in [3.8, 4) is 0 Å². The Morgan fingerprint density at radius 1 is 1.12 bits per heavy atom. The number of hydrogen-bond acceptors (Lipinski definition) is 7. The molecule has 1 aromatic carbocycles. The van der Waals surface area contributed by atoms with Crippen LogP contribution in [0.25, 0.3) is 0 Å². The van der Waals surface area contributed by atoms with Gasteiger partial charge in [0.25, 0.3) is 0 Å². The Morgan fingerprint density at radius 2 is 1.81 bits per heavy atom. The Balaban J connectivity index is 1.98. The van der Waals surface area contributed by atoms with Crippen molar-refractivity contribution in [2.75, 3.05) is 10.6 Å². The molecule has 0 aliphatic heterocycles. The number of thiazole rings is 1. The van der Waals surface area contributed by atoms with E-state index in [1.807, 2.05) is 13.8 Å². The molecule has 174 valence electrons. The molecule has 10 heteroatoms. The maximum Gasteiger partial charge on any atom is 0.411 e. The number of benzene rings is 1. The summed E-state index contributed by atoms with van der Waals surface area (Å²) in [5.41, 5.74) is 1.91. The van der Waals surface area contributed by atoms with E-state index in [2.05, 4.69) is 20.9 Å². The molecule has 0 fully saturated rings. The second kappa shape index (κ2) is 11.5. The quantitative estimate of drug-likeness (QED) is 0.520. The van der Waals surface area contributed by atoms with Gasteiger partial charge in [0.05, 0.1) is 10.4 Å². The van der Waals surface area contributed by atoms with Crippen molar-refractivity contribution in [1.82, 2.24) is 10.3 Å². The lowest BCUT2D eigenvalue weighted by molar-refractivity contribution is -0.119. The lowest BCUT2D eigenvalue weighted by Gasteiger charge is -2.26. The summed E-state index contributed by atoms with van der Waals surface area (Å²) in [5.74, 6) is -0.499. The number of nitrogens with one attached hydrogen (secondary N) is 3. The molecule has 2 atom stereocenters. The first-order valence-corrected chi connectivity index (χ1v) is 11.2. The number of carbonyl (C=O) groups excluding carboxylic acids is 3. The summed E-state index contributed by atoms with van der Waals surface area (Å²) in [6, 6.07) is 5.87. The number of alkyl carbamates (subject to hydrolysis) is 1. The zero-order valence-electron chi connectivity index (χ0n) is 18.9. The predicted octanol–water partition coefficient (Wildman–Crippen LogP) is 4.77. The van der Waals surface area contributed by atoms with Crippen molar-refractivity contribution in [1.29, 1.82) is 0 Å². The number of amides is 3. The smallest absolute Gasteiger partial charge is 0.411 e. The van der Waals surface area contributed by atoms with Gasteiger partial charge in [-0.1, -0.05) is 26.3 Å². The first-order chi connectivity index (χ1) is 15.1. The van der Waals surface area contributed by atoms with Crippen LogP contribution in [0.2, 0.25) is 0 Å². The molecular formula is C22H30N4O5S. The van der Waals surface area contributed by atoms with E-state index in [0.717, 1.165) is 4.88 Å². The predicted molar refractivity (Wildman–Crippen MR) is 124 cm³/mol. The summed E-state index contributed by atoms with van der Waals surface area (Å²) in [4.78, 5) is 41.8. The van der Waals surface area contributed by atoms with Crippen LogP contribution in [-0.2, 0) is 20.9 Å². The minimum absolute atomic E-state index is 0.120. The summed E-state index contributed by atoms with van der Waals surface area (Å²) in [6.07, 6.45) is 1.04. The molecule has 0 saturated heterocycles. The number of ether oxygens (including phenoxy) is 2. The van der Waals surface area contributed by atoms with Crippen molar-refractivity contribution >= 4 is 40.8 Å². The molecule has 2 rings (SSSR count). The van der Waals surface area contributed by atoms with E-state index >= 15 is 0 Å². The molecule has 0 radical (unpaired) electrons. The second-order valence-electron chi connectivity index (χ2n) is 8.25. The van der Waals surface area contributed by atoms with Crippen molar-refractivity contribution < 1.29 is 23.9 Å². The molecule has 1 heterocycles. The molecule has 1 aromatic heterocycles. The van der Waals surface area contributed by atoms with E-state index in [0.29, 0.717) is 17.8 Å². The molecule has 0 aliphatic carbocycles. The fourth-order valence-electron chi connectivity index (χ4n) is 2.64. The number of aromatic nitrogens is 1. The van der Waals surface area contributed by atoms with Crippen molar-refractivity contribution in [2.24, 2.45) is 5.92 Å². The molecule has 3 amide bonds. The van der Waals surface area contributed by atoms with E-state index in [1.165, 1.54) is 11.3 Å². The number of rotatable bonds is 8. The van der Waals surface area contributed by atoms with Crippen LogP contribution in [0.3, 0.4) is 0 Å². The van der Waals surface area contributed by atoms with Crippen molar-refractivity contribution in [2.45, 2.75) is 59.3 Å². The van der Waals surface area contributed by atoms with Gasteiger partial charge in [0.15, 0.2) is 0 Å². The molecule has 0 aliphatic rings. The first kappa shape index (κ1) is 25.1. The third-order valence-electron chi connectivity index (χ3n) is 4.37. The number of hydrogen-bond donors (Lipinski definition) is 3. The molecular weight excluding hydrogens is 432 g/mol. The van der Waals surface area contributed by atoms with Crippen LogP contribution in [-0.4, -0.2) is 34.7 Å². The monoisotopic (exact) mass is 462 g/mol. The average molecular weight is 463 g/mol. The number of nitrogens with zero attached hydrogens (tertiary/aromatic N) is 1. The van der Waals surface area contributed by atoms with Crippen molar-refractivity contribution in [3.05, 3.63) is 40.8 Å². The van der Waals surface area contributed by atoms with Crippen LogP contribution in [0.4, 0.5) is 21.0 Å². The fourth-order valence-corrected chi connectivity index (χ4v) is 3.14. The highest BCUT2D eigenvalue weighted by molar-refractivity contribution is 7.09. The fraction of sp³-hybridized carbons (Fsp3) is 0.455. The van der Waals surface area contributed by atoms with Gasteiger partial charge in [-0.15, -0.1) is 11.3 Å². The topological polar surface area (TPSA) is 119 Å². The zero-order chi connectivity index (χ0) is 23.7.